The molecule has 212 valence electrons. The maximum absolute atomic E-state index is 14.1. The summed E-state index contributed by atoms with van der Waals surface area (Å²) in [6.07, 6.45) is 0.839. The van der Waals surface area contributed by atoms with Crippen LogP contribution in [0.5, 0.6) is 11.5 Å². The van der Waals surface area contributed by atoms with E-state index in [2.05, 4.69) is 26.1 Å². The molecule has 41 heavy (non-hydrogen) atoms. The number of hydrogen-bond donors (Lipinski definition) is 2. The van der Waals surface area contributed by atoms with Crippen molar-refractivity contribution in [2.75, 3.05) is 13.2 Å². The third kappa shape index (κ3) is 5.41. The van der Waals surface area contributed by atoms with Crippen LogP contribution in [-0.2, 0) is 0 Å². The van der Waals surface area contributed by atoms with Gasteiger partial charge in [0.1, 0.15) is 0 Å². The molecule has 0 saturated heterocycles. The number of aromatic nitrogens is 4. The van der Waals surface area contributed by atoms with E-state index in [1.807, 2.05) is 100 Å². The first-order valence-electron chi connectivity index (χ1n) is 13.7. The molecule has 0 aliphatic carbocycles. The van der Waals surface area contributed by atoms with Gasteiger partial charge in [0.2, 0.25) is 0 Å². The Morgan fingerprint density at radius 1 is 0.780 bits per heavy atom. The summed E-state index contributed by atoms with van der Waals surface area (Å²) in [5.74, 6) is 0.438. The third-order valence-electron chi connectivity index (χ3n) is 6.96. The average Bonchev–Trinajstić information content (AvgIpc) is 3.44. The fraction of sp³-hybridized carbons (Fsp3) is 0.250. The van der Waals surface area contributed by atoms with Crippen molar-refractivity contribution in [3.05, 3.63) is 126 Å². The summed E-state index contributed by atoms with van der Waals surface area (Å²) in [5, 5.41) is 6.48. The largest absolute Gasteiger partial charge is 0.490 e. The van der Waals surface area contributed by atoms with E-state index in [1.54, 1.807) is 0 Å². The SMILES string of the molecule is CCCOc1c(Br)cc(C(c2c(C)[nH]n(-c3ccccc3)c2=O)c2c(C)[nH]n(-c3ccccc3)c2=O)cc1OCC. The number of H-pyrrole nitrogens is 2. The van der Waals surface area contributed by atoms with Crippen molar-refractivity contribution >= 4 is 15.9 Å². The number of ether oxygens (including phenoxy) is 2. The zero-order chi connectivity index (χ0) is 29.1. The van der Waals surface area contributed by atoms with Crippen molar-refractivity contribution in [2.24, 2.45) is 0 Å². The van der Waals surface area contributed by atoms with E-state index < -0.39 is 5.92 Å². The number of nitrogens with zero attached hydrogens (tertiary/aromatic N) is 2. The van der Waals surface area contributed by atoms with E-state index in [0.29, 0.717) is 63.1 Å². The maximum Gasteiger partial charge on any atom is 0.275 e. The lowest BCUT2D eigenvalue weighted by Gasteiger charge is -2.20. The van der Waals surface area contributed by atoms with Crippen LogP contribution in [0.1, 0.15) is 54.3 Å². The van der Waals surface area contributed by atoms with Gasteiger partial charge in [-0.05, 0) is 85.1 Å². The Hall–Kier alpha value is -4.24. The molecule has 3 aromatic carbocycles. The maximum atomic E-state index is 14.1. The molecule has 2 aromatic heterocycles. The van der Waals surface area contributed by atoms with Crippen LogP contribution >= 0.6 is 15.9 Å². The summed E-state index contributed by atoms with van der Waals surface area (Å²) in [5.41, 5.74) is 3.95. The summed E-state index contributed by atoms with van der Waals surface area (Å²) < 4.78 is 15.8. The van der Waals surface area contributed by atoms with Crippen LogP contribution in [0, 0.1) is 13.8 Å². The highest BCUT2D eigenvalue weighted by Crippen LogP contribution is 2.42. The Morgan fingerprint density at radius 3 is 1.76 bits per heavy atom. The normalized spacial score (nSPS) is 11.3. The van der Waals surface area contributed by atoms with Gasteiger partial charge in [-0.3, -0.25) is 19.8 Å². The van der Waals surface area contributed by atoms with Crippen LogP contribution < -0.4 is 20.6 Å². The molecule has 5 rings (SSSR count). The second-order valence-corrected chi connectivity index (χ2v) is 10.7. The van der Waals surface area contributed by atoms with Crippen LogP contribution in [-0.4, -0.2) is 32.8 Å². The number of aromatic amines is 2. The summed E-state index contributed by atoms with van der Waals surface area (Å²) in [4.78, 5) is 28.3. The highest BCUT2D eigenvalue weighted by atomic mass is 79.9. The van der Waals surface area contributed by atoms with Gasteiger partial charge in [-0.2, -0.15) is 0 Å². The Kier molecular flexibility index (Phi) is 8.35. The molecule has 2 heterocycles. The molecule has 0 aliphatic rings. The zero-order valence-electron chi connectivity index (χ0n) is 23.5. The zero-order valence-corrected chi connectivity index (χ0v) is 25.1. The molecule has 0 saturated carbocycles. The molecule has 0 fully saturated rings. The quantitative estimate of drug-likeness (QED) is 0.190. The Labute approximate surface area is 246 Å². The second kappa shape index (κ2) is 12.1. The Morgan fingerprint density at radius 2 is 1.29 bits per heavy atom. The fourth-order valence-corrected chi connectivity index (χ4v) is 5.73. The number of nitrogens with one attached hydrogen (secondary N) is 2. The molecule has 0 unspecified atom stereocenters. The van der Waals surface area contributed by atoms with Gasteiger partial charge in [-0.1, -0.05) is 43.3 Å². The van der Waals surface area contributed by atoms with Crippen molar-refractivity contribution in [1.82, 2.24) is 19.6 Å². The molecule has 8 nitrogen and oxygen atoms in total. The molecule has 0 spiro atoms. The molecule has 5 aromatic rings. The van der Waals surface area contributed by atoms with Gasteiger partial charge in [0, 0.05) is 17.3 Å². The van der Waals surface area contributed by atoms with Gasteiger partial charge >= 0.3 is 0 Å². The first-order chi connectivity index (χ1) is 19.8. The van der Waals surface area contributed by atoms with E-state index in [1.165, 1.54) is 9.36 Å². The van der Waals surface area contributed by atoms with Gasteiger partial charge in [0.05, 0.1) is 40.2 Å². The Balaban J connectivity index is 1.79. The van der Waals surface area contributed by atoms with E-state index in [4.69, 9.17) is 9.47 Å². The first-order valence-corrected chi connectivity index (χ1v) is 14.5. The molecule has 0 amide bonds. The summed E-state index contributed by atoms with van der Waals surface area (Å²) in [6, 6.07) is 22.6. The Bertz CT molecular complexity index is 1670. The second-order valence-electron chi connectivity index (χ2n) is 9.80. The lowest BCUT2D eigenvalue weighted by atomic mass is 9.85. The lowest BCUT2D eigenvalue weighted by molar-refractivity contribution is 0.275. The monoisotopic (exact) mass is 616 g/mol. The van der Waals surface area contributed by atoms with Crippen molar-refractivity contribution in [2.45, 2.75) is 40.0 Å². The molecular weight excluding hydrogens is 584 g/mol. The summed E-state index contributed by atoms with van der Waals surface area (Å²) in [7, 11) is 0. The topological polar surface area (TPSA) is 94.0 Å². The van der Waals surface area contributed by atoms with Crippen LogP contribution in [0.2, 0.25) is 0 Å². The molecule has 9 heteroatoms. The van der Waals surface area contributed by atoms with Gasteiger partial charge in [-0.15, -0.1) is 0 Å². The van der Waals surface area contributed by atoms with Crippen LogP contribution in [0.4, 0.5) is 0 Å². The minimum absolute atomic E-state index is 0.231. The minimum atomic E-state index is -0.701. The number of aryl methyl sites for hydroxylation is 2. The molecule has 0 atom stereocenters. The van der Waals surface area contributed by atoms with Crippen LogP contribution in [0.15, 0.2) is 86.9 Å². The number of benzene rings is 3. The first kappa shape index (κ1) is 28.3. The minimum Gasteiger partial charge on any atom is -0.490 e. The van der Waals surface area contributed by atoms with E-state index in [0.717, 1.165) is 12.0 Å². The lowest BCUT2D eigenvalue weighted by Crippen LogP contribution is -2.25. The smallest absolute Gasteiger partial charge is 0.275 e. The van der Waals surface area contributed by atoms with Crippen molar-refractivity contribution in [3.63, 3.8) is 0 Å². The van der Waals surface area contributed by atoms with Crippen LogP contribution in [0.25, 0.3) is 11.4 Å². The third-order valence-corrected chi connectivity index (χ3v) is 7.54. The molecule has 0 radical (unpaired) electrons. The average molecular weight is 618 g/mol. The predicted octanol–water partition coefficient (Wildman–Crippen LogP) is 6.39. The van der Waals surface area contributed by atoms with Gasteiger partial charge in [-0.25, -0.2) is 9.36 Å². The van der Waals surface area contributed by atoms with Crippen molar-refractivity contribution in [3.8, 4) is 22.9 Å². The number of hydrogen-bond acceptors (Lipinski definition) is 4. The van der Waals surface area contributed by atoms with Crippen molar-refractivity contribution in [1.29, 1.82) is 0 Å². The van der Waals surface area contributed by atoms with Gasteiger partial charge in [0.15, 0.2) is 11.5 Å². The van der Waals surface area contributed by atoms with E-state index in [9.17, 15) is 9.59 Å². The van der Waals surface area contributed by atoms with Crippen LogP contribution in [0.3, 0.4) is 0 Å². The van der Waals surface area contributed by atoms with Gasteiger partial charge in [0.25, 0.3) is 11.1 Å². The number of para-hydroxylation sites is 2. The predicted molar refractivity (Wildman–Crippen MR) is 164 cm³/mol. The molecular formula is C32H33BrN4O4. The van der Waals surface area contributed by atoms with Gasteiger partial charge < -0.3 is 9.47 Å². The summed E-state index contributed by atoms with van der Waals surface area (Å²) in [6.45, 7) is 8.62. The van der Waals surface area contributed by atoms with E-state index >= 15 is 0 Å². The molecule has 0 bridgehead atoms. The fourth-order valence-electron chi connectivity index (χ4n) is 5.16. The summed E-state index contributed by atoms with van der Waals surface area (Å²) >= 11 is 3.68. The number of rotatable bonds is 10. The molecule has 2 N–H and O–H groups in total. The standard InChI is InChI=1S/C32H33BrN4O4/c1-5-17-41-30-25(33)18-22(19-26(30)40-6-2)29(27-20(3)34-36(31(27)38)23-13-9-7-10-14-23)28-21(4)35-37(32(28)39)24-15-11-8-12-16-24/h7-16,18-19,29,34-35H,5-6,17H2,1-4H3. The van der Waals surface area contributed by atoms with E-state index in [-0.39, 0.29) is 11.1 Å². The van der Waals surface area contributed by atoms with Crippen molar-refractivity contribution < 1.29 is 9.47 Å². The number of halogens is 1. The molecule has 0 aliphatic heterocycles. The highest BCUT2D eigenvalue weighted by Gasteiger charge is 2.32. The highest BCUT2D eigenvalue weighted by molar-refractivity contribution is 9.10.